The molecule has 1 aliphatic heterocycles. The third kappa shape index (κ3) is 3.14. The Bertz CT molecular complexity index is 294. The summed E-state index contributed by atoms with van der Waals surface area (Å²) in [4.78, 5) is 5.35. The van der Waals surface area contributed by atoms with E-state index in [0.29, 0.717) is 11.0 Å². The molecule has 1 aliphatic carbocycles. The average Bonchev–Trinajstić information content (AvgIpc) is 2.75. The van der Waals surface area contributed by atoms with Crippen molar-refractivity contribution in [2.75, 3.05) is 32.7 Å². The Morgan fingerprint density at radius 3 is 2.16 bits per heavy atom. The summed E-state index contributed by atoms with van der Waals surface area (Å²) in [5.74, 6) is 0. The van der Waals surface area contributed by atoms with E-state index in [1.54, 1.807) is 0 Å². The number of rotatable bonds is 4. The van der Waals surface area contributed by atoms with Gasteiger partial charge in [-0.25, -0.2) is 0 Å². The summed E-state index contributed by atoms with van der Waals surface area (Å²) in [7, 11) is 0. The maximum absolute atomic E-state index is 6.19. The van der Waals surface area contributed by atoms with Gasteiger partial charge in [-0.05, 0) is 38.0 Å². The van der Waals surface area contributed by atoms with E-state index in [0.717, 1.165) is 12.6 Å². The van der Waals surface area contributed by atoms with Crippen molar-refractivity contribution in [2.45, 2.75) is 65.0 Å². The fourth-order valence-corrected chi connectivity index (χ4v) is 4.11. The van der Waals surface area contributed by atoms with Crippen LogP contribution >= 0.6 is 0 Å². The number of hydrogen-bond acceptors (Lipinski definition) is 3. The van der Waals surface area contributed by atoms with Crippen molar-refractivity contribution in [2.24, 2.45) is 11.1 Å². The first-order chi connectivity index (χ1) is 8.92. The molecule has 112 valence electrons. The van der Waals surface area contributed by atoms with Gasteiger partial charge in [0, 0.05) is 44.3 Å². The fraction of sp³-hybridized carbons (Fsp3) is 1.00. The molecule has 2 aliphatic rings. The van der Waals surface area contributed by atoms with Crippen molar-refractivity contribution in [1.82, 2.24) is 9.80 Å². The van der Waals surface area contributed by atoms with Crippen LogP contribution in [0.1, 0.15) is 53.4 Å². The minimum absolute atomic E-state index is 0.297. The molecule has 3 nitrogen and oxygen atoms in total. The first-order valence-electron chi connectivity index (χ1n) is 8.12. The van der Waals surface area contributed by atoms with Crippen molar-refractivity contribution in [3.05, 3.63) is 0 Å². The Labute approximate surface area is 119 Å². The lowest BCUT2D eigenvalue weighted by Crippen LogP contribution is -2.60. The Balaban J connectivity index is 1.96. The van der Waals surface area contributed by atoms with Crippen LogP contribution < -0.4 is 5.73 Å². The number of hydrogen-bond donors (Lipinski definition) is 1. The lowest BCUT2D eigenvalue weighted by molar-refractivity contribution is 0.0209. The first kappa shape index (κ1) is 15.3. The lowest BCUT2D eigenvalue weighted by atomic mass is 9.86. The van der Waals surface area contributed by atoms with E-state index < -0.39 is 0 Å². The average molecular weight is 267 g/mol. The van der Waals surface area contributed by atoms with Crippen molar-refractivity contribution in [3.63, 3.8) is 0 Å². The third-order valence-corrected chi connectivity index (χ3v) is 5.65. The highest BCUT2D eigenvalue weighted by molar-refractivity contribution is 5.03. The summed E-state index contributed by atoms with van der Waals surface area (Å²) in [6, 6.07) is 0.732. The van der Waals surface area contributed by atoms with Gasteiger partial charge in [0.1, 0.15) is 0 Å². The fourth-order valence-electron chi connectivity index (χ4n) is 4.11. The van der Waals surface area contributed by atoms with E-state index in [-0.39, 0.29) is 0 Å². The maximum atomic E-state index is 6.19. The van der Waals surface area contributed by atoms with Gasteiger partial charge in [-0.2, -0.15) is 0 Å². The van der Waals surface area contributed by atoms with Gasteiger partial charge in [0.2, 0.25) is 0 Å². The molecule has 2 rings (SSSR count). The van der Waals surface area contributed by atoms with Crippen LogP contribution in [-0.2, 0) is 0 Å². The lowest BCUT2D eigenvalue weighted by Gasteiger charge is -2.47. The highest BCUT2D eigenvalue weighted by Gasteiger charge is 2.46. The minimum atomic E-state index is 0.297. The molecule has 2 N–H and O–H groups in total. The third-order valence-electron chi connectivity index (χ3n) is 5.65. The van der Waals surface area contributed by atoms with E-state index in [9.17, 15) is 0 Å². The van der Waals surface area contributed by atoms with Crippen LogP contribution in [-0.4, -0.2) is 54.1 Å². The monoisotopic (exact) mass is 267 g/mol. The second-order valence-electron chi connectivity index (χ2n) is 7.55. The molecular weight excluding hydrogens is 234 g/mol. The zero-order valence-corrected chi connectivity index (χ0v) is 13.4. The molecule has 0 aromatic rings. The van der Waals surface area contributed by atoms with Gasteiger partial charge in [-0.1, -0.05) is 20.8 Å². The SMILES string of the molecule is CCC(C)N1CCN(C2(CN)CCC(C)(C)C2)CC1. The van der Waals surface area contributed by atoms with Crippen LogP contribution in [0.2, 0.25) is 0 Å². The zero-order chi connectivity index (χ0) is 14.1. The van der Waals surface area contributed by atoms with Crippen molar-refractivity contribution in [1.29, 1.82) is 0 Å². The number of nitrogens with two attached hydrogens (primary N) is 1. The van der Waals surface area contributed by atoms with E-state index in [1.165, 1.54) is 51.9 Å². The maximum Gasteiger partial charge on any atom is 0.0338 e. The predicted molar refractivity (Wildman–Crippen MR) is 82.3 cm³/mol. The molecule has 0 aromatic heterocycles. The topological polar surface area (TPSA) is 32.5 Å². The van der Waals surface area contributed by atoms with E-state index in [4.69, 9.17) is 5.73 Å². The van der Waals surface area contributed by atoms with Gasteiger partial charge in [-0.3, -0.25) is 9.80 Å². The summed E-state index contributed by atoms with van der Waals surface area (Å²) in [6.45, 7) is 15.1. The molecular formula is C16H33N3. The van der Waals surface area contributed by atoms with Crippen LogP contribution in [0, 0.1) is 5.41 Å². The van der Waals surface area contributed by atoms with E-state index in [1.807, 2.05) is 0 Å². The molecule has 1 heterocycles. The summed E-state index contributed by atoms with van der Waals surface area (Å²) < 4.78 is 0. The highest BCUT2D eigenvalue weighted by Crippen LogP contribution is 2.46. The molecule has 2 atom stereocenters. The second kappa shape index (κ2) is 5.71. The first-order valence-corrected chi connectivity index (χ1v) is 8.12. The second-order valence-corrected chi connectivity index (χ2v) is 7.55. The molecule has 0 radical (unpaired) electrons. The molecule has 1 saturated carbocycles. The molecule has 2 unspecified atom stereocenters. The van der Waals surface area contributed by atoms with Crippen molar-refractivity contribution < 1.29 is 0 Å². The molecule has 0 aromatic carbocycles. The molecule has 0 spiro atoms. The summed E-state index contributed by atoms with van der Waals surface area (Å²) >= 11 is 0. The molecule has 0 amide bonds. The normalized spacial score (nSPS) is 34.6. The number of nitrogens with zero attached hydrogens (tertiary/aromatic N) is 2. The van der Waals surface area contributed by atoms with Crippen LogP contribution in [0.4, 0.5) is 0 Å². The van der Waals surface area contributed by atoms with Crippen LogP contribution in [0.15, 0.2) is 0 Å². The van der Waals surface area contributed by atoms with Crippen LogP contribution in [0.25, 0.3) is 0 Å². The zero-order valence-electron chi connectivity index (χ0n) is 13.4. The van der Waals surface area contributed by atoms with Gasteiger partial charge in [0.25, 0.3) is 0 Å². The Kier molecular flexibility index (Phi) is 4.59. The molecule has 2 fully saturated rings. The van der Waals surface area contributed by atoms with Crippen LogP contribution in [0.5, 0.6) is 0 Å². The summed E-state index contributed by atoms with van der Waals surface area (Å²) in [5, 5.41) is 0. The van der Waals surface area contributed by atoms with Gasteiger partial charge in [0.15, 0.2) is 0 Å². The van der Waals surface area contributed by atoms with Crippen LogP contribution in [0.3, 0.4) is 0 Å². The Morgan fingerprint density at radius 1 is 1.11 bits per heavy atom. The van der Waals surface area contributed by atoms with Gasteiger partial charge >= 0.3 is 0 Å². The Hall–Kier alpha value is -0.120. The van der Waals surface area contributed by atoms with Gasteiger partial charge in [-0.15, -0.1) is 0 Å². The summed E-state index contributed by atoms with van der Waals surface area (Å²) in [6.07, 6.45) is 5.16. The summed E-state index contributed by atoms with van der Waals surface area (Å²) in [5.41, 5.74) is 6.96. The molecule has 0 bridgehead atoms. The van der Waals surface area contributed by atoms with Gasteiger partial charge < -0.3 is 5.73 Å². The van der Waals surface area contributed by atoms with Gasteiger partial charge in [0.05, 0.1) is 0 Å². The molecule has 19 heavy (non-hydrogen) atoms. The minimum Gasteiger partial charge on any atom is -0.329 e. The van der Waals surface area contributed by atoms with Crippen molar-refractivity contribution in [3.8, 4) is 0 Å². The molecule has 3 heteroatoms. The standard InChI is InChI=1S/C16H33N3/c1-5-14(2)18-8-10-19(11-9-18)16(13-17)7-6-15(3,4)12-16/h14H,5-13,17H2,1-4H3. The van der Waals surface area contributed by atoms with E-state index in [2.05, 4.69) is 37.5 Å². The molecule has 1 saturated heterocycles. The quantitative estimate of drug-likeness (QED) is 0.848. The smallest absolute Gasteiger partial charge is 0.0338 e. The predicted octanol–water partition coefficient (Wildman–Crippen LogP) is 2.31. The largest absolute Gasteiger partial charge is 0.329 e. The number of piperazine rings is 1. The Morgan fingerprint density at radius 2 is 1.74 bits per heavy atom. The highest BCUT2D eigenvalue weighted by atomic mass is 15.3. The van der Waals surface area contributed by atoms with E-state index >= 15 is 0 Å². The van der Waals surface area contributed by atoms with Crippen molar-refractivity contribution >= 4 is 0 Å².